The van der Waals surface area contributed by atoms with Crippen LogP contribution in [0.4, 0.5) is 22.0 Å². The molecule has 1 saturated carbocycles. The van der Waals surface area contributed by atoms with E-state index in [4.69, 9.17) is 4.55 Å². The Morgan fingerprint density at radius 3 is 2.07 bits per heavy atom. The van der Waals surface area contributed by atoms with E-state index >= 15 is 0 Å². The zero-order valence-corrected chi connectivity index (χ0v) is 15.3. The number of alkyl halides is 5. The van der Waals surface area contributed by atoms with E-state index in [-0.39, 0.29) is 6.08 Å². The molecule has 0 heterocycles. The minimum Gasteiger partial charge on any atom is -0.413 e. The first-order valence-electron chi connectivity index (χ1n) is 8.10. The van der Waals surface area contributed by atoms with Gasteiger partial charge in [-0.1, -0.05) is 38.7 Å². The molecule has 0 bridgehead atoms. The first-order chi connectivity index (χ1) is 12.7. The van der Waals surface area contributed by atoms with Crippen LogP contribution in [0.25, 0.3) is 0 Å². The molecule has 13 heteroatoms. The zero-order valence-electron chi connectivity index (χ0n) is 14.5. The third-order valence-electron chi connectivity index (χ3n) is 4.17. The van der Waals surface area contributed by atoms with E-state index in [1.165, 1.54) is 0 Å². The number of hydrogen-bond acceptors (Lipinski definition) is 6. The summed E-state index contributed by atoms with van der Waals surface area (Å²) in [5.74, 6) is -8.65. The number of carbonyl (C=O) groups is 2. The molecule has 1 aliphatic rings. The molecule has 1 N–H and O–H groups in total. The maximum absolute atomic E-state index is 13.6. The van der Waals surface area contributed by atoms with Gasteiger partial charge in [0.05, 0.1) is 0 Å². The minimum absolute atomic E-state index is 0.249. The second-order valence-corrected chi connectivity index (χ2v) is 7.82. The third-order valence-corrected chi connectivity index (χ3v) is 5.04. The van der Waals surface area contributed by atoms with Crippen LogP contribution in [0.3, 0.4) is 0 Å². The van der Waals surface area contributed by atoms with Gasteiger partial charge in [-0.3, -0.25) is 9.35 Å². The van der Waals surface area contributed by atoms with E-state index in [1.54, 1.807) is 0 Å². The maximum atomic E-state index is 13.6. The number of ether oxygens (including phenoxy) is 2. The SMILES string of the molecule is C=CC(=O)OC(OCC(F)(F)S(=O)(=O)O)(C(=O)CC1CCCCC1)C(F)(F)F. The van der Waals surface area contributed by atoms with Crippen molar-refractivity contribution in [3.63, 3.8) is 0 Å². The predicted molar refractivity (Wildman–Crippen MR) is 83.7 cm³/mol. The molecule has 162 valence electrons. The van der Waals surface area contributed by atoms with Gasteiger partial charge in [0, 0.05) is 12.5 Å². The van der Waals surface area contributed by atoms with Crippen LogP contribution in [0.1, 0.15) is 38.5 Å². The summed E-state index contributed by atoms with van der Waals surface area (Å²) in [6.45, 7) is 0.280. The van der Waals surface area contributed by atoms with Crippen molar-refractivity contribution in [1.29, 1.82) is 0 Å². The molecule has 0 aliphatic heterocycles. The topological polar surface area (TPSA) is 107 Å². The van der Waals surface area contributed by atoms with Crippen molar-refractivity contribution >= 4 is 21.9 Å². The largest absolute Gasteiger partial charge is 0.463 e. The van der Waals surface area contributed by atoms with Gasteiger partial charge in [0.25, 0.3) is 0 Å². The van der Waals surface area contributed by atoms with Gasteiger partial charge < -0.3 is 9.47 Å². The van der Waals surface area contributed by atoms with Gasteiger partial charge >= 0.3 is 33.3 Å². The molecule has 0 aromatic heterocycles. The molecule has 1 fully saturated rings. The number of Topliss-reactive ketones (excluding diaryl/α,β-unsaturated/α-hetero) is 1. The highest BCUT2D eigenvalue weighted by Crippen LogP contribution is 2.40. The van der Waals surface area contributed by atoms with E-state index in [9.17, 15) is 40.0 Å². The molecule has 0 amide bonds. The Bertz CT molecular complexity index is 698. The van der Waals surface area contributed by atoms with Crippen LogP contribution in [0.5, 0.6) is 0 Å². The van der Waals surface area contributed by atoms with Gasteiger partial charge in [-0.15, -0.1) is 0 Å². The molecule has 0 saturated heterocycles. The van der Waals surface area contributed by atoms with Crippen LogP contribution in [-0.4, -0.2) is 48.5 Å². The minimum atomic E-state index is -6.15. The average molecular weight is 438 g/mol. The summed E-state index contributed by atoms with van der Waals surface area (Å²) < 4.78 is 105. The second kappa shape index (κ2) is 8.82. The quantitative estimate of drug-likeness (QED) is 0.194. The van der Waals surface area contributed by atoms with Crippen LogP contribution in [0.2, 0.25) is 0 Å². The lowest BCUT2D eigenvalue weighted by molar-refractivity contribution is -0.351. The van der Waals surface area contributed by atoms with Gasteiger partial charge in [0.2, 0.25) is 5.78 Å². The highest BCUT2D eigenvalue weighted by Gasteiger charge is 2.67. The Balaban J connectivity index is 3.26. The van der Waals surface area contributed by atoms with Gasteiger partial charge in [-0.2, -0.15) is 30.4 Å². The molecule has 1 rings (SSSR count). The summed E-state index contributed by atoms with van der Waals surface area (Å²) in [5, 5.41) is -5.19. The van der Waals surface area contributed by atoms with Crippen LogP contribution < -0.4 is 0 Å². The van der Waals surface area contributed by atoms with Crippen LogP contribution in [0, 0.1) is 5.92 Å². The lowest BCUT2D eigenvalue weighted by Crippen LogP contribution is -2.59. The molecule has 0 aromatic rings. The van der Waals surface area contributed by atoms with E-state index in [1.807, 2.05) is 0 Å². The van der Waals surface area contributed by atoms with Crippen molar-refractivity contribution < 1.29 is 54.0 Å². The van der Waals surface area contributed by atoms with Crippen molar-refractivity contribution in [2.45, 2.75) is 55.7 Å². The molecular weight excluding hydrogens is 419 g/mol. The standard InChI is InChI=1S/C15H19F5O7S/c1-2-12(22)27-14(15(18,19)20,26-9-13(16,17)28(23,24)25)11(21)8-10-6-4-3-5-7-10/h2,10H,1,3-9H2,(H,23,24,25). The molecule has 0 radical (unpaired) electrons. The first-order valence-corrected chi connectivity index (χ1v) is 9.54. The smallest absolute Gasteiger partial charge is 0.413 e. The molecule has 0 spiro atoms. The van der Waals surface area contributed by atoms with Crippen molar-refractivity contribution in [2.24, 2.45) is 5.92 Å². The first kappa shape index (κ1) is 24.4. The molecule has 0 aromatic carbocycles. The number of rotatable bonds is 9. The Hall–Kier alpha value is -1.60. The fourth-order valence-electron chi connectivity index (χ4n) is 2.70. The van der Waals surface area contributed by atoms with E-state index in [0.717, 1.165) is 6.42 Å². The lowest BCUT2D eigenvalue weighted by atomic mass is 9.84. The lowest BCUT2D eigenvalue weighted by Gasteiger charge is -2.35. The van der Waals surface area contributed by atoms with Crippen LogP contribution in [0.15, 0.2) is 12.7 Å². The third kappa shape index (κ3) is 5.70. The van der Waals surface area contributed by atoms with Gasteiger partial charge in [0.15, 0.2) is 0 Å². The summed E-state index contributed by atoms with van der Waals surface area (Å²) in [5.41, 5.74) is 0. The Morgan fingerprint density at radius 1 is 1.11 bits per heavy atom. The van der Waals surface area contributed by atoms with Crippen molar-refractivity contribution in [3.8, 4) is 0 Å². The van der Waals surface area contributed by atoms with Crippen molar-refractivity contribution in [1.82, 2.24) is 0 Å². The Labute approximate surface area is 157 Å². The van der Waals surface area contributed by atoms with Crippen LogP contribution >= 0.6 is 0 Å². The Kier molecular flexibility index (Phi) is 7.70. The molecule has 1 atom stereocenters. The normalized spacial score (nSPS) is 18.9. The fraction of sp³-hybridized carbons (Fsp3) is 0.733. The molecule has 1 aliphatic carbocycles. The van der Waals surface area contributed by atoms with Gasteiger partial charge in [-0.05, 0) is 5.92 Å². The number of carbonyl (C=O) groups excluding carboxylic acids is 2. The summed E-state index contributed by atoms with van der Waals surface area (Å²) >= 11 is 0. The number of hydrogen-bond donors (Lipinski definition) is 1. The Morgan fingerprint density at radius 2 is 1.64 bits per heavy atom. The second-order valence-electron chi connectivity index (χ2n) is 6.27. The molecular formula is C15H19F5O7S. The molecule has 1 unspecified atom stereocenters. The average Bonchev–Trinajstić information content (AvgIpc) is 2.57. The van der Waals surface area contributed by atoms with Gasteiger partial charge in [0.1, 0.15) is 6.61 Å². The summed E-state index contributed by atoms with van der Waals surface area (Å²) in [6.07, 6.45) is -3.45. The van der Waals surface area contributed by atoms with Crippen molar-refractivity contribution in [3.05, 3.63) is 12.7 Å². The highest BCUT2D eigenvalue weighted by atomic mass is 32.2. The predicted octanol–water partition coefficient (Wildman–Crippen LogP) is 3.01. The summed E-state index contributed by atoms with van der Waals surface area (Å²) in [4.78, 5) is 23.7. The van der Waals surface area contributed by atoms with E-state index in [2.05, 4.69) is 16.1 Å². The number of ketones is 1. The number of esters is 1. The van der Waals surface area contributed by atoms with E-state index in [0.29, 0.717) is 25.7 Å². The maximum Gasteiger partial charge on any atom is 0.463 e. The monoisotopic (exact) mass is 438 g/mol. The zero-order chi connectivity index (χ0) is 21.8. The summed E-state index contributed by atoms with van der Waals surface area (Å²) in [6, 6.07) is 0. The summed E-state index contributed by atoms with van der Waals surface area (Å²) in [7, 11) is -6.15. The molecule has 28 heavy (non-hydrogen) atoms. The fourth-order valence-corrected chi connectivity index (χ4v) is 2.90. The highest BCUT2D eigenvalue weighted by molar-refractivity contribution is 7.86. The van der Waals surface area contributed by atoms with Crippen LogP contribution in [-0.2, 0) is 29.2 Å². The van der Waals surface area contributed by atoms with E-state index < -0.39 is 58.0 Å². The van der Waals surface area contributed by atoms with Gasteiger partial charge in [-0.25, -0.2) is 4.79 Å². The van der Waals surface area contributed by atoms with Crippen molar-refractivity contribution in [2.75, 3.05) is 6.61 Å². The number of halogens is 5. The molecule has 7 nitrogen and oxygen atoms in total.